The fourth-order valence-corrected chi connectivity index (χ4v) is 4.46. The van der Waals surface area contributed by atoms with Gasteiger partial charge in [-0.3, -0.25) is 0 Å². The van der Waals surface area contributed by atoms with E-state index in [2.05, 4.69) is 114 Å². The molecular weight excluding hydrogens is 384 g/mol. The summed E-state index contributed by atoms with van der Waals surface area (Å²) in [7, 11) is 0. The molecule has 0 saturated carbocycles. The van der Waals surface area contributed by atoms with E-state index in [1.807, 2.05) is 0 Å². The Bertz CT molecular complexity index is 1260. The summed E-state index contributed by atoms with van der Waals surface area (Å²) in [6, 6.07) is 27.5. The van der Waals surface area contributed by atoms with Crippen LogP contribution in [0.25, 0.3) is 11.1 Å². The first kappa shape index (κ1) is 22.1. The van der Waals surface area contributed by atoms with Crippen LogP contribution in [0.5, 0.6) is 0 Å². The van der Waals surface area contributed by atoms with Crippen molar-refractivity contribution in [2.24, 2.45) is 0 Å². The molecule has 0 fully saturated rings. The second-order valence-electron chi connectivity index (χ2n) is 9.48. The van der Waals surface area contributed by atoms with Crippen LogP contribution in [0.2, 0.25) is 0 Å². The maximum absolute atomic E-state index is 2.38. The average Bonchev–Trinajstić information content (AvgIpc) is 2.76. The lowest BCUT2D eigenvalue weighted by molar-refractivity contribution is 1.13. The zero-order chi connectivity index (χ0) is 22.8. The third-order valence-electron chi connectivity index (χ3n) is 6.89. The van der Waals surface area contributed by atoms with Crippen LogP contribution in [0.4, 0.5) is 0 Å². The van der Waals surface area contributed by atoms with Crippen molar-refractivity contribution in [3.05, 3.63) is 128 Å². The first-order valence-corrected chi connectivity index (χ1v) is 11.6. The molecule has 4 aromatic rings. The van der Waals surface area contributed by atoms with E-state index in [4.69, 9.17) is 0 Å². The Morgan fingerprint density at radius 2 is 0.938 bits per heavy atom. The predicted octanol–water partition coefficient (Wildman–Crippen LogP) is 8.39. The molecule has 4 rings (SSSR count). The Balaban J connectivity index is 1.54. The average molecular weight is 419 g/mol. The van der Waals surface area contributed by atoms with Crippen molar-refractivity contribution >= 4 is 0 Å². The summed E-state index contributed by atoms with van der Waals surface area (Å²) in [5.41, 5.74) is 16.3. The molecule has 0 aliphatic carbocycles. The second-order valence-corrected chi connectivity index (χ2v) is 9.48. The van der Waals surface area contributed by atoms with E-state index in [1.165, 1.54) is 66.8 Å². The molecule has 0 amide bonds. The van der Waals surface area contributed by atoms with E-state index in [9.17, 15) is 0 Å². The Hall–Kier alpha value is -3.12. The lowest BCUT2D eigenvalue weighted by atomic mass is 9.91. The minimum Gasteiger partial charge on any atom is -0.0588 e. The van der Waals surface area contributed by atoms with Crippen LogP contribution >= 0.6 is 0 Å². The first-order valence-electron chi connectivity index (χ1n) is 11.6. The molecule has 0 bridgehead atoms. The van der Waals surface area contributed by atoms with Crippen LogP contribution in [0.1, 0.15) is 55.6 Å². The zero-order valence-corrected chi connectivity index (χ0v) is 20.3. The molecule has 32 heavy (non-hydrogen) atoms. The highest BCUT2D eigenvalue weighted by molar-refractivity contribution is 5.69. The standard InChI is InChI=1S/C32H34/c1-21-7-9-28(15-23(21)3)19-27-11-13-30(14-12-27)32-18-25(5)31(17-26(32)6)20-29-10-8-22(2)24(4)16-29/h7-18H,19-20H2,1-6H3. The molecular formula is C32H34. The number of hydrogen-bond acceptors (Lipinski definition) is 0. The number of hydrogen-bond donors (Lipinski definition) is 0. The monoisotopic (exact) mass is 418 g/mol. The normalized spacial score (nSPS) is 11.1. The van der Waals surface area contributed by atoms with E-state index < -0.39 is 0 Å². The summed E-state index contributed by atoms with van der Waals surface area (Å²) in [4.78, 5) is 0. The fourth-order valence-electron chi connectivity index (χ4n) is 4.46. The number of aryl methyl sites for hydroxylation is 6. The van der Waals surface area contributed by atoms with Crippen molar-refractivity contribution in [1.82, 2.24) is 0 Å². The first-order chi connectivity index (χ1) is 15.3. The van der Waals surface area contributed by atoms with Gasteiger partial charge >= 0.3 is 0 Å². The van der Waals surface area contributed by atoms with E-state index >= 15 is 0 Å². The highest BCUT2D eigenvalue weighted by atomic mass is 14.1. The lowest BCUT2D eigenvalue weighted by Gasteiger charge is -2.14. The smallest absolute Gasteiger partial charge is 0.00229 e. The van der Waals surface area contributed by atoms with Crippen molar-refractivity contribution in [2.75, 3.05) is 0 Å². The third-order valence-corrected chi connectivity index (χ3v) is 6.89. The molecule has 0 aliphatic rings. The molecule has 4 aromatic carbocycles. The molecule has 0 heteroatoms. The van der Waals surface area contributed by atoms with Crippen LogP contribution in [0, 0.1) is 41.5 Å². The van der Waals surface area contributed by atoms with Gasteiger partial charge in [0, 0.05) is 0 Å². The number of rotatable bonds is 5. The summed E-state index contributed by atoms with van der Waals surface area (Å²) in [6.45, 7) is 13.2. The van der Waals surface area contributed by atoms with Crippen molar-refractivity contribution in [1.29, 1.82) is 0 Å². The summed E-state index contributed by atoms with van der Waals surface area (Å²) in [5.74, 6) is 0. The topological polar surface area (TPSA) is 0 Å². The van der Waals surface area contributed by atoms with Gasteiger partial charge in [-0.25, -0.2) is 0 Å². The van der Waals surface area contributed by atoms with E-state index in [0.717, 1.165) is 12.8 Å². The van der Waals surface area contributed by atoms with Crippen molar-refractivity contribution in [3.63, 3.8) is 0 Å². The van der Waals surface area contributed by atoms with Gasteiger partial charge in [-0.15, -0.1) is 0 Å². The van der Waals surface area contributed by atoms with E-state index in [0.29, 0.717) is 0 Å². The second kappa shape index (κ2) is 9.17. The van der Waals surface area contributed by atoms with Crippen molar-refractivity contribution < 1.29 is 0 Å². The molecule has 0 nitrogen and oxygen atoms in total. The van der Waals surface area contributed by atoms with Gasteiger partial charge in [0.05, 0.1) is 0 Å². The Labute approximate surface area is 194 Å². The largest absolute Gasteiger partial charge is 0.0588 e. The van der Waals surface area contributed by atoms with Crippen molar-refractivity contribution in [3.8, 4) is 11.1 Å². The van der Waals surface area contributed by atoms with Gasteiger partial charge in [0.1, 0.15) is 0 Å². The molecule has 0 aliphatic heterocycles. The highest BCUT2D eigenvalue weighted by Crippen LogP contribution is 2.29. The highest BCUT2D eigenvalue weighted by Gasteiger charge is 2.09. The molecule has 0 radical (unpaired) electrons. The fraction of sp³-hybridized carbons (Fsp3) is 0.250. The van der Waals surface area contributed by atoms with Crippen LogP contribution in [-0.4, -0.2) is 0 Å². The van der Waals surface area contributed by atoms with Gasteiger partial charge in [-0.2, -0.15) is 0 Å². The van der Waals surface area contributed by atoms with Crippen LogP contribution in [0.3, 0.4) is 0 Å². The summed E-state index contributed by atoms with van der Waals surface area (Å²) in [6.07, 6.45) is 1.97. The van der Waals surface area contributed by atoms with Gasteiger partial charge in [-0.1, -0.05) is 72.8 Å². The van der Waals surface area contributed by atoms with Gasteiger partial charge in [0.2, 0.25) is 0 Å². The van der Waals surface area contributed by atoms with Gasteiger partial charge in [-0.05, 0) is 121 Å². The van der Waals surface area contributed by atoms with Gasteiger partial charge in [0.15, 0.2) is 0 Å². The molecule has 0 saturated heterocycles. The van der Waals surface area contributed by atoms with Crippen LogP contribution < -0.4 is 0 Å². The van der Waals surface area contributed by atoms with Crippen LogP contribution in [-0.2, 0) is 12.8 Å². The van der Waals surface area contributed by atoms with Crippen molar-refractivity contribution in [2.45, 2.75) is 54.4 Å². The summed E-state index contributed by atoms with van der Waals surface area (Å²) in [5, 5.41) is 0. The minimum absolute atomic E-state index is 0.980. The molecule has 0 spiro atoms. The Morgan fingerprint density at radius 3 is 1.50 bits per heavy atom. The predicted molar refractivity (Wildman–Crippen MR) is 139 cm³/mol. The summed E-state index contributed by atoms with van der Waals surface area (Å²) < 4.78 is 0. The quantitative estimate of drug-likeness (QED) is 0.305. The molecule has 0 N–H and O–H groups in total. The lowest BCUT2D eigenvalue weighted by Crippen LogP contribution is -1.97. The Morgan fingerprint density at radius 1 is 0.406 bits per heavy atom. The van der Waals surface area contributed by atoms with E-state index in [-0.39, 0.29) is 0 Å². The zero-order valence-electron chi connectivity index (χ0n) is 20.3. The van der Waals surface area contributed by atoms with E-state index in [1.54, 1.807) is 0 Å². The molecule has 0 heterocycles. The minimum atomic E-state index is 0.980. The van der Waals surface area contributed by atoms with Gasteiger partial charge < -0.3 is 0 Å². The molecule has 0 aromatic heterocycles. The number of benzene rings is 4. The maximum Gasteiger partial charge on any atom is -0.00229 e. The SMILES string of the molecule is Cc1ccc(Cc2ccc(-c3cc(C)c(Cc4ccc(C)c(C)c4)cc3C)cc2)cc1C. The van der Waals surface area contributed by atoms with Gasteiger partial charge in [0.25, 0.3) is 0 Å². The van der Waals surface area contributed by atoms with Crippen LogP contribution in [0.15, 0.2) is 72.8 Å². The third kappa shape index (κ3) is 4.86. The Kier molecular flexibility index (Phi) is 6.33. The molecule has 0 atom stereocenters. The molecule has 162 valence electrons. The maximum atomic E-state index is 2.38. The molecule has 0 unspecified atom stereocenters. The summed E-state index contributed by atoms with van der Waals surface area (Å²) >= 11 is 0.